The van der Waals surface area contributed by atoms with Crippen LogP contribution in [0.1, 0.15) is 102 Å². The van der Waals surface area contributed by atoms with Crippen molar-refractivity contribution < 1.29 is 23.9 Å². The molecule has 1 rings (SSSR count). The molecule has 0 saturated heterocycles. The van der Waals surface area contributed by atoms with E-state index in [-0.39, 0.29) is 12.5 Å². The molecule has 2 atom stereocenters. The quantitative estimate of drug-likeness (QED) is 0.288. The number of aryl methyl sites for hydroxylation is 2. The molecular formula is C29H48N4O5. The van der Waals surface area contributed by atoms with E-state index < -0.39 is 42.0 Å². The molecule has 4 N–H and O–H groups in total. The SMILES string of the molecule is CCCCCNC(=O)C(c1cc(C)cc(C)c1)N(CCCCC)C(=O)C(CC(N)=O)NC(=O)OC(C)(C)C. The summed E-state index contributed by atoms with van der Waals surface area (Å²) in [4.78, 5) is 53.6. The van der Waals surface area contributed by atoms with E-state index in [1.165, 1.54) is 4.90 Å². The van der Waals surface area contributed by atoms with Gasteiger partial charge in [0.25, 0.3) is 0 Å². The fourth-order valence-electron chi connectivity index (χ4n) is 4.27. The van der Waals surface area contributed by atoms with Gasteiger partial charge in [0, 0.05) is 13.1 Å². The second-order valence-corrected chi connectivity index (χ2v) is 10.9. The lowest BCUT2D eigenvalue weighted by molar-refractivity contribution is -0.143. The molecule has 9 nitrogen and oxygen atoms in total. The summed E-state index contributed by atoms with van der Waals surface area (Å²) in [7, 11) is 0. The Bertz CT molecular complexity index is 921. The predicted molar refractivity (Wildman–Crippen MR) is 149 cm³/mol. The van der Waals surface area contributed by atoms with E-state index >= 15 is 0 Å². The number of alkyl carbamates (subject to hydrolysis) is 1. The molecule has 38 heavy (non-hydrogen) atoms. The van der Waals surface area contributed by atoms with Crippen molar-refractivity contribution in [1.29, 1.82) is 0 Å². The Hall–Kier alpha value is -3.10. The molecule has 0 aliphatic rings. The monoisotopic (exact) mass is 532 g/mol. The summed E-state index contributed by atoms with van der Waals surface area (Å²) in [6.07, 6.45) is 4.00. The highest BCUT2D eigenvalue weighted by atomic mass is 16.6. The molecule has 0 bridgehead atoms. The van der Waals surface area contributed by atoms with Crippen LogP contribution in [-0.4, -0.2) is 53.4 Å². The van der Waals surface area contributed by atoms with Crippen LogP contribution in [0.5, 0.6) is 0 Å². The number of carbonyl (C=O) groups excluding carboxylic acids is 4. The Balaban J connectivity index is 3.50. The van der Waals surface area contributed by atoms with Crippen molar-refractivity contribution in [2.24, 2.45) is 5.73 Å². The molecule has 0 aliphatic carbocycles. The number of unbranched alkanes of at least 4 members (excludes halogenated alkanes) is 4. The number of nitrogens with one attached hydrogen (secondary N) is 2. The van der Waals surface area contributed by atoms with E-state index in [1.54, 1.807) is 20.8 Å². The summed E-state index contributed by atoms with van der Waals surface area (Å²) in [6.45, 7) is 13.9. The molecule has 1 aromatic rings. The van der Waals surface area contributed by atoms with E-state index in [0.717, 1.165) is 43.2 Å². The van der Waals surface area contributed by atoms with Gasteiger partial charge in [0.15, 0.2) is 0 Å². The fourth-order valence-corrected chi connectivity index (χ4v) is 4.27. The Morgan fingerprint density at radius 3 is 2.05 bits per heavy atom. The third-order valence-electron chi connectivity index (χ3n) is 5.88. The average molecular weight is 533 g/mol. The molecule has 0 heterocycles. The van der Waals surface area contributed by atoms with Crippen LogP contribution in [0.4, 0.5) is 4.79 Å². The van der Waals surface area contributed by atoms with Crippen molar-refractivity contribution in [3.63, 3.8) is 0 Å². The lowest BCUT2D eigenvalue weighted by Crippen LogP contribution is -2.54. The number of hydrogen-bond donors (Lipinski definition) is 3. The number of nitrogens with two attached hydrogens (primary N) is 1. The molecule has 2 unspecified atom stereocenters. The molecule has 1 aromatic carbocycles. The summed E-state index contributed by atoms with van der Waals surface area (Å²) in [5.41, 5.74) is 7.26. The molecule has 4 amide bonds. The Kier molecular flexibility index (Phi) is 13.9. The van der Waals surface area contributed by atoms with E-state index in [9.17, 15) is 19.2 Å². The summed E-state index contributed by atoms with van der Waals surface area (Å²) < 4.78 is 5.33. The van der Waals surface area contributed by atoms with Gasteiger partial charge in [-0.25, -0.2) is 4.79 Å². The Morgan fingerprint density at radius 1 is 0.947 bits per heavy atom. The van der Waals surface area contributed by atoms with E-state index in [2.05, 4.69) is 17.6 Å². The van der Waals surface area contributed by atoms with Crippen LogP contribution in [0.15, 0.2) is 18.2 Å². The van der Waals surface area contributed by atoms with Crippen molar-refractivity contribution in [3.05, 3.63) is 34.9 Å². The number of primary amides is 1. The van der Waals surface area contributed by atoms with Crippen molar-refractivity contribution in [3.8, 4) is 0 Å². The maximum atomic E-state index is 14.0. The molecule has 0 aliphatic heterocycles. The van der Waals surface area contributed by atoms with Gasteiger partial charge in [-0.05, 0) is 53.0 Å². The number of hydrogen-bond acceptors (Lipinski definition) is 5. The zero-order chi connectivity index (χ0) is 28.9. The van der Waals surface area contributed by atoms with E-state index in [0.29, 0.717) is 18.5 Å². The number of nitrogens with zero attached hydrogens (tertiary/aromatic N) is 1. The van der Waals surface area contributed by atoms with Crippen molar-refractivity contribution in [2.75, 3.05) is 13.1 Å². The Morgan fingerprint density at radius 2 is 1.53 bits per heavy atom. The summed E-state index contributed by atoms with van der Waals surface area (Å²) in [5.74, 6) is -1.61. The smallest absolute Gasteiger partial charge is 0.408 e. The van der Waals surface area contributed by atoms with Gasteiger partial charge < -0.3 is 26.0 Å². The molecule has 0 aromatic heterocycles. The van der Waals surface area contributed by atoms with Crippen LogP contribution in [0.3, 0.4) is 0 Å². The van der Waals surface area contributed by atoms with Crippen LogP contribution < -0.4 is 16.4 Å². The second-order valence-electron chi connectivity index (χ2n) is 10.9. The molecule has 214 valence electrons. The summed E-state index contributed by atoms with van der Waals surface area (Å²) in [6, 6.07) is 3.59. The van der Waals surface area contributed by atoms with Gasteiger partial charge in [-0.1, -0.05) is 68.9 Å². The van der Waals surface area contributed by atoms with Gasteiger partial charge in [0.1, 0.15) is 17.7 Å². The van der Waals surface area contributed by atoms with E-state index in [4.69, 9.17) is 10.5 Å². The van der Waals surface area contributed by atoms with Crippen molar-refractivity contribution in [1.82, 2.24) is 15.5 Å². The standard InChI is InChI=1S/C29H48N4O5/c1-8-10-12-14-31-26(35)25(22-17-20(3)16-21(4)18-22)33(15-13-11-9-2)27(36)23(19-24(30)34)32-28(37)38-29(5,6)7/h16-18,23,25H,8-15,19H2,1-7H3,(H2,30,34)(H,31,35)(H,32,37). The van der Waals surface area contributed by atoms with Gasteiger partial charge in [0.05, 0.1) is 6.42 Å². The maximum Gasteiger partial charge on any atom is 0.408 e. The van der Waals surface area contributed by atoms with Crippen LogP contribution in [0, 0.1) is 13.8 Å². The summed E-state index contributed by atoms with van der Waals surface area (Å²) in [5, 5.41) is 5.51. The number of carbonyl (C=O) groups is 4. The Labute approximate surface area is 228 Å². The van der Waals surface area contributed by atoms with Crippen molar-refractivity contribution in [2.45, 2.75) is 111 Å². The third-order valence-corrected chi connectivity index (χ3v) is 5.88. The topological polar surface area (TPSA) is 131 Å². The van der Waals surface area contributed by atoms with Crippen LogP contribution >= 0.6 is 0 Å². The van der Waals surface area contributed by atoms with Crippen molar-refractivity contribution >= 4 is 23.8 Å². The zero-order valence-corrected chi connectivity index (χ0v) is 24.3. The first kappa shape index (κ1) is 32.9. The molecular weight excluding hydrogens is 484 g/mol. The minimum Gasteiger partial charge on any atom is -0.444 e. The second kappa shape index (κ2) is 16.0. The molecule has 0 spiro atoms. The van der Waals surface area contributed by atoms with Gasteiger partial charge in [-0.3, -0.25) is 14.4 Å². The first-order chi connectivity index (χ1) is 17.8. The number of ether oxygens (including phenoxy) is 1. The number of rotatable bonds is 15. The summed E-state index contributed by atoms with van der Waals surface area (Å²) >= 11 is 0. The lowest BCUT2D eigenvalue weighted by Gasteiger charge is -2.34. The first-order valence-electron chi connectivity index (χ1n) is 13.7. The van der Waals surface area contributed by atoms with Gasteiger partial charge in [0.2, 0.25) is 17.7 Å². The highest BCUT2D eigenvalue weighted by Crippen LogP contribution is 2.26. The average Bonchev–Trinajstić information content (AvgIpc) is 2.78. The number of amides is 4. The molecule has 9 heteroatoms. The van der Waals surface area contributed by atoms with Gasteiger partial charge in [-0.15, -0.1) is 0 Å². The fraction of sp³-hybridized carbons (Fsp3) is 0.655. The maximum absolute atomic E-state index is 14.0. The van der Waals surface area contributed by atoms with Crippen LogP contribution in [0.25, 0.3) is 0 Å². The lowest BCUT2D eigenvalue weighted by atomic mass is 9.97. The van der Waals surface area contributed by atoms with Gasteiger partial charge in [-0.2, -0.15) is 0 Å². The normalized spacial score (nSPS) is 12.8. The zero-order valence-electron chi connectivity index (χ0n) is 24.3. The van der Waals surface area contributed by atoms with Gasteiger partial charge >= 0.3 is 6.09 Å². The minimum atomic E-state index is -1.27. The third kappa shape index (κ3) is 12.0. The molecule has 0 radical (unpaired) electrons. The van der Waals surface area contributed by atoms with E-state index in [1.807, 2.05) is 39.0 Å². The minimum absolute atomic E-state index is 0.276. The molecule has 0 saturated carbocycles. The highest BCUT2D eigenvalue weighted by molar-refractivity contribution is 5.94. The van der Waals surface area contributed by atoms with Crippen LogP contribution in [-0.2, 0) is 19.1 Å². The van der Waals surface area contributed by atoms with Crippen LogP contribution in [0.2, 0.25) is 0 Å². The number of benzene rings is 1. The molecule has 0 fully saturated rings. The first-order valence-corrected chi connectivity index (χ1v) is 13.7. The largest absolute Gasteiger partial charge is 0.444 e. The highest BCUT2D eigenvalue weighted by Gasteiger charge is 2.36. The predicted octanol–water partition coefficient (Wildman–Crippen LogP) is 4.44.